The zero-order chi connectivity index (χ0) is 15.8. The van der Waals surface area contributed by atoms with Gasteiger partial charge in [-0.25, -0.2) is 0 Å². The van der Waals surface area contributed by atoms with Crippen molar-refractivity contribution in [2.75, 3.05) is 0 Å². The Balaban J connectivity index is 3.04. The third-order valence-electron chi connectivity index (χ3n) is 4.23. The summed E-state index contributed by atoms with van der Waals surface area (Å²) in [4.78, 5) is 10.8. The molecule has 3 nitrogen and oxygen atoms in total. The maximum Gasteiger partial charge on any atom is 0.234 e. The summed E-state index contributed by atoms with van der Waals surface area (Å²) < 4.78 is 0. The number of rotatable bonds is 16. The first-order valence-corrected chi connectivity index (χ1v) is 9.23. The third-order valence-corrected chi connectivity index (χ3v) is 4.23. The second-order valence-corrected chi connectivity index (χ2v) is 6.39. The van der Waals surface area contributed by atoms with Crippen LogP contribution in [-0.2, 0) is 4.79 Å². The van der Waals surface area contributed by atoms with Crippen molar-refractivity contribution >= 4 is 5.91 Å². The number of carbonyl (C=O) groups is 1. The van der Waals surface area contributed by atoms with Crippen molar-refractivity contribution in [3.63, 3.8) is 0 Å². The van der Waals surface area contributed by atoms with Crippen LogP contribution in [0.1, 0.15) is 103 Å². The van der Waals surface area contributed by atoms with Gasteiger partial charge < -0.3 is 11.5 Å². The summed E-state index contributed by atoms with van der Waals surface area (Å²) in [5, 5.41) is 0. The van der Waals surface area contributed by atoms with E-state index in [1.165, 1.54) is 83.5 Å². The number of hydrogen-bond acceptors (Lipinski definition) is 2. The number of hydrogen-bond donors (Lipinski definition) is 2. The molecule has 0 aliphatic rings. The van der Waals surface area contributed by atoms with Gasteiger partial charge in [-0.15, -0.1) is 0 Å². The molecule has 0 heterocycles. The molecule has 1 amide bonds. The lowest BCUT2D eigenvalue weighted by molar-refractivity contribution is -0.119. The van der Waals surface area contributed by atoms with Crippen LogP contribution in [0.4, 0.5) is 0 Å². The van der Waals surface area contributed by atoms with Gasteiger partial charge in [-0.05, 0) is 6.42 Å². The fraction of sp³-hybridized carbons (Fsp3) is 0.944. The van der Waals surface area contributed by atoms with Gasteiger partial charge in [0.2, 0.25) is 5.91 Å². The van der Waals surface area contributed by atoms with E-state index >= 15 is 0 Å². The first-order chi connectivity index (χ1) is 10.2. The van der Waals surface area contributed by atoms with Gasteiger partial charge in [0, 0.05) is 0 Å². The predicted octanol–water partition coefficient (Wildman–Crippen LogP) is 4.67. The number of primary amides is 1. The molecular weight excluding hydrogens is 260 g/mol. The minimum absolute atomic E-state index is 0.371. The molecule has 4 N–H and O–H groups in total. The van der Waals surface area contributed by atoms with Gasteiger partial charge >= 0.3 is 0 Å². The molecule has 0 bridgehead atoms. The van der Waals surface area contributed by atoms with Crippen LogP contribution in [-0.4, -0.2) is 11.9 Å². The summed E-state index contributed by atoms with van der Waals surface area (Å²) >= 11 is 0. The van der Waals surface area contributed by atoms with E-state index in [4.69, 9.17) is 11.5 Å². The normalized spacial score (nSPS) is 12.5. The predicted molar refractivity (Wildman–Crippen MR) is 92.1 cm³/mol. The van der Waals surface area contributed by atoms with E-state index in [1.54, 1.807) is 0 Å². The Bertz CT molecular complexity index is 231. The minimum Gasteiger partial charge on any atom is -0.368 e. The van der Waals surface area contributed by atoms with Crippen molar-refractivity contribution < 1.29 is 4.79 Å². The van der Waals surface area contributed by atoms with Crippen molar-refractivity contribution in [3.05, 3.63) is 0 Å². The Morgan fingerprint density at radius 3 is 1.38 bits per heavy atom. The molecule has 0 aromatic carbocycles. The van der Waals surface area contributed by atoms with E-state index in [2.05, 4.69) is 6.92 Å². The molecule has 0 aromatic rings. The average Bonchev–Trinajstić information content (AvgIpc) is 2.47. The van der Waals surface area contributed by atoms with Crippen molar-refractivity contribution in [2.45, 2.75) is 109 Å². The maximum atomic E-state index is 10.8. The van der Waals surface area contributed by atoms with Gasteiger partial charge in [0.15, 0.2) is 0 Å². The second-order valence-electron chi connectivity index (χ2n) is 6.39. The monoisotopic (exact) mass is 298 g/mol. The Morgan fingerprint density at radius 1 is 0.714 bits per heavy atom. The van der Waals surface area contributed by atoms with Gasteiger partial charge in [-0.2, -0.15) is 0 Å². The molecule has 0 radical (unpaired) electrons. The topological polar surface area (TPSA) is 69.1 Å². The van der Waals surface area contributed by atoms with Gasteiger partial charge in [0.05, 0.1) is 6.04 Å². The van der Waals surface area contributed by atoms with Crippen LogP contribution in [0.3, 0.4) is 0 Å². The lowest BCUT2D eigenvalue weighted by Crippen LogP contribution is -2.36. The molecule has 21 heavy (non-hydrogen) atoms. The molecule has 1 atom stereocenters. The molecule has 3 heteroatoms. The van der Waals surface area contributed by atoms with Gasteiger partial charge in [0.25, 0.3) is 0 Å². The number of carbonyl (C=O) groups excluding carboxylic acids is 1. The zero-order valence-electron chi connectivity index (χ0n) is 14.2. The Kier molecular flexibility index (Phi) is 15.4. The highest BCUT2D eigenvalue weighted by Gasteiger charge is 2.07. The fourth-order valence-electron chi connectivity index (χ4n) is 2.70. The Labute approximate surface area is 132 Å². The van der Waals surface area contributed by atoms with E-state index in [-0.39, 0.29) is 5.91 Å². The van der Waals surface area contributed by atoms with Crippen LogP contribution < -0.4 is 11.5 Å². The second kappa shape index (κ2) is 15.8. The zero-order valence-corrected chi connectivity index (χ0v) is 14.2. The molecule has 0 fully saturated rings. The minimum atomic E-state index is -0.442. The quantitative estimate of drug-likeness (QED) is 0.406. The molecule has 1 unspecified atom stereocenters. The van der Waals surface area contributed by atoms with E-state index in [9.17, 15) is 4.79 Å². The maximum absolute atomic E-state index is 10.8. The molecule has 0 spiro atoms. The molecule has 0 aliphatic carbocycles. The summed E-state index contributed by atoms with van der Waals surface area (Å²) in [7, 11) is 0. The van der Waals surface area contributed by atoms with E-state index in [0.717, 1.165) is 12.8 Å². The largest absolute Gasteiger partial charge is 0.368 e. The fourth-order valence-corrected chi connectivity index (χ4v) is 2.70. The summed E-state index contributed by atoms with van der Waals surface area (Å²) in [5.74, 6) is -0.371. The van der Waals surface area contributed by atoms with Crippen LogP contribution in [0.25, 0.3) is 0 Å². The SMILES string of the molecule is CCCCCCCCCCCCCCCCC(N)C(N)=O. The number of nitrogens with two attached hydrogens (primary N) is 2. The standard InChI is InChI=1S/C18H38N2O/c1-2-3-4-5-6-7-8-9-10-11-12-13-14-15-16-17(19)18(20)21/h17H,2-16,19H2,1H3,(H2,20,21). The summed E-state index contributed by atoms with van der Waals surface area (Å²) in [6.07, 6.45) is 19.6. The number of amides is 1. The molecule has 126 valence electrons. The third kappa shape index (κ3) is 15.6. The molecule has 0 aromatic heterocycles. The van der Waals surface area contributed by atoms with Crippen LogP contribution in [0.5, 0.6) is 0 Å². The van der Waals surface area contributed by atoms with Gasteiger partial charge in [-0.3, -0.25) is 4.79 Å². The van der Waals surface area contributed by atoms with Crippen LogP contribution in [0.15, 0.2) is 0 Å². The van der Waals surface area contributed by atoms with Crippen LogP contribution in [0.2, 0.25) is 0 Å². The van der Waals surface area contributed by atoms with Gasteiger partial charge in [0.1, 0.15) is 0 Å². The highest BCUT2D eigenvalue weighted by molar-refractivity contribution is 5.79. The highest BCUT2D eigenvalue weighted by Crippen LogP contribution is 2.13. The lowest BCUT2D eigenvalue weighted by Gasteiger charge is -2.06. The Morgan fingerprint density at radius 2 is 1.05 bits per heavy atom. The lowest BCUT2D eigenvalue weighted by atomic mass is 10.0. The Hall–Kier alpha value is -0.570. The first kappa shape index (κ1) is 20.4. The van der Waals surface area contributed by atoms with E-state index in [1.807, 2.05) is 0 Å². The molecule has 0 aliphatic heterocycles. The smallest absolute Gasteiger partial charge is 0.234 e. The van der Waals surface area contributed by atoms with Crippen molar-refractivity contribution in [1.29, 1.82) is 0 Å². The van der Waals surface area contributed by atoms with Crippen LogP contribution in [0, 0.1) is 0 Å². The number of unbranched alkanes of at least 4 members (excludes halogenated alkanes) is 13. The molecule has 0 saturated heterocycles. The van der Waals surface area contributed by atoms with Crippen molar-refractivity contribution in [3.8, 4) is 0 Å². The summed E-state index contributed by atoms with van der Waals surface area (Å²) in [6, 6.07) is -0.442. The molecular formula is C18H38N2O. The average molecular weight is 299 g/mol. The van der Waals surface area contributed by atoms with Crippen molar-refractivity contribution in [1.82, 2.24) is 0 Å². The van der Waals surface area contributed by atoms with Gasteiger partial charge in [-0.1, -0.05) is 96.8 Å². The molecule has 0 saturated carbocycles. The van der Waals surface area contributed by atoms with E-state index < -0.39 is 6.04 Å². The van der Waals surface area contributed by atoms with E-state index in [0.29, 0.717) is 0 Å². The first-order valence-electron chi connectivity index (χ1n) is 9.23. The molecule has 0 rings (SSSR count). The summed E-state index contributed by atoms with van der Waals surface area (Å²) in [6.45, 7) is 2.27. The highest BCUT2D eigenvalue weighted by atomic mass is 16.1. The van der Waals surface area contributed by atoms with Crippen LogP contribution >= 0.6 is 0 Å². The summed E-state index contributed by atoms with van der Waals surface area (Å²) in [5.41, 5.74) is 10.7. The van der Waals surface area contributed by atoms with Crippen molar-refractivity contribution in [2.24, 2.45) is 11.5 Å².